The van der Waals surface area contributed by atoms with Gasteiger partial charge in [0, 0.05) is 19.1 Å². The Kier molecular flexibility index (Phi) is 4.80. The van der Waals surface area contributed by atoms with E-state index in [1.54, 1.807) is 0 Å². The predicted octanol–water partition coefficient (Wildman–Crippen LogP) is 1.64. The monoisotopic (exact) mass is 345 g/mol. The minimum absolute atomic E-state index is 0.0111. The number of aryl methyl sites for hydroxylation is 1. The van der Waals surface area contributed by atoms with Gasteiger partial charge in [-0.05, 0) is 26.2 Å². The molecule has 1 aromatic heterocycles. The molecule has 134 valence electrons. The Morgan fingerprint density at radius 1 is 1.29 bits per heavy atom. The normalized spacial score (nSPS) is 25.3. The van der Waals surface area contributed by atoms with Gasteiger partial charge in [-0.2, -0.15) is 13.2 Å². The van der Waals surface area contributed by atoms with Crippen LogP contribution in [0, 0.1) is 12.8 Å². The van der Waals surface area contributed by atoms with E-state index in [4.69, 9.17) is 0 Å². The van der Waals surface area contributed by atoms with E-state index in [0.717, 1.165) is 18.2 Å². The summed E-state index contributed by atoms with van der Waals surface area (Å²) >= 11 is 0. The first-order chi connectivity index (χ1) is 11.3. The number of hydrogen-bond acceptors (Lipinski definition) is 4. The number of carbonyl (C=O) groups excluding carboxylic acids is 1. The quantitative estimate of drug-likeness (QED) is 0.905. The van der Waals surface area contributed by atoms with E-state index in [9.17, 15) is 18.0 Å². The first kappa shape index (κ1) is 17.2. The van der Waals surface area contributed by atoms with Gasteiger partial charge >= 0.3 is 6.18 Å². The summed E-state index contributed by atoms with van der Waals surface area (Å²) in [6.45, 7) is 4.03. The Morgan fingerprint density at radius 3 is 2.83 bits per heavy atom. The van der Waals surface area contributed by atoms with Crippen molar-refractivity contribution in [1.82, 2.24) is 25.0 Å². The van der Waals surface area contributed by atoms with Crippen LogP contribution in [-0.2, 0) is 17.9 Å². The summed E-state index contributed by atoms with van der Waals surface area (Å²) in [6, 6.07) is -0.381. The summed E-state index contributed by atoms with van der Waals surface area (Å²) < 4.78 is 40.5. The van der Waals surface area contributed by atoms with Crippen LogP contribution in [-0.4, -0.2) is 50.9 Å². The second kappa shape index (κ2) is 6.70. The standard InChI is InChI=1S/C15H22F3N5O/c1-10-20-21-13-8-22(5-6-23(10)13)9-14(24)19-12-4-2-3-11(7-12)15(16,17)18/h11-12H,2-9H2,1H3,(H,19,24)/t11-,12+/m1/s1. The van der Waals surface area contributed by atoms with Crippen LogP contribution in [0.2, 0.25) is 0 Å². The molecule has 0 radical (unpaired) electrons. The van der Waals surface area contributed by atoms with E-state index >= 15 is 0 Å². The zero-order chi connectivity index (χ0) is 17.3. The third kappa shape index (κ3) is 3.88. The highest BCUT2D eigenvalue weighted by Gasteiger charge is 2.42. The third-order valence-electron chi connectivity index (χ3n) is 4.89. The van der Waals surface area contributed by atoms with E-state index < -0.39 is 12.1 Å². The molecule has 1 aliphatic carbocycles. The number of rotatable bonds is 3. The average molecular weight is 345 g/mol. The van der Waals surface area contributed by atoms with Crippen LogP contribution in [0.3, 0.4) is 0 Å². The number of nitrogens with zero attached hydrogens (tertiary/aromatic N) is 4. The van der Waals surface area contributed by atoms with Crippen molar-refractivity contribution in [3.63, 3.8) is 0 Å². The molecule has 1 N–H and O–H groups in total. The molecule has 1 fully saturated rings. The minimum Gasteiger partial charge on any atom is -0.352 e. The van der Waals surface area contributed by atoms with Crippen LogP contribution in [0.4, 0.5) is 13.2 Å². The molecule has 9 heteroatoms. The summed E-state index contributed by atoms with van der Waals surface area (Å²) in [7, 11) is 0. The predicted molar refractivity (Wildman–Crippen MR) is 80.0 cm³/mol. The van der Waals surface area contributed by atoms with E-state index in [2.05, 4.69) is 15.5 Å². The fourth-order valence-electron chi connectivity index (χ4n) is 3.58. The number of aromatic nitrogens is 3. The molecule has 2 heterocycles. The minimum atomic E-state index is -4.17. The number of carbonyl (C=O) groups is 1. The molecule has 1 saturated carbocycles. The Hall–Kier alpha value is -1.64. The van der Waals surface area contributed by atoms with Crippen molar-refractivity contribution in [3.05, 3.63) is 11.6 Å². The number of alkyl halides is 3. The largest absolute Gasteiger partial charge is 0.391 e. The molecule has 0 aromatic carbocycles. The number of halogens is 3. The lowest BCUT2D eigenvalue weighted by atomic mass is 9.85. The maximum absolute atomic E-state index is 12.8. The van der Waals surface area contributed by atoms with Crippen molar-refractivity contribution < 1.29 is 18.0 Å². The molecule has 1 aromatic rings. The summed E-state index contributed by atoms with van der Waals surface area (Å²) in [5, 5.41) is 10.9. The van der Waals surface area contributed by atoms with Gasteiger partial charge in [0.25, 0.3) is 0 Å². The van der Waals surface area contributed by atoms with E-state index in [1.807, 2.05) is 16.4 Å². The topological polar surface area (TPSA) is 63.1 Å². The highest BCUT2D eigenvalue weighted by molar-refractivity contribution is 5.78. The van der Waals surface area contributed by atoms with Gasteiger partial charge in [0.2, 0.25) is 5.91 Å². The smallest absolute Gasteiger partial charge is 0.352 e. The second-order valence-corrected chi connectivity index (χ2v) is 6.70. The lowest BCUT2D eigenvalue weighted by Gasteiger charge is -2.32. The first-order valence-corrected chi connectivity index (χ1v) is 8.30. The van der Waals surface area contributed by atoms with Crippen molar-refractivity contribution in [3.8, 4) is 0 Å². The second-order valence-electron chi connectivity index (χ2n) is 6.70. The molecular formula is C15H22F3N5O. The Morgan fingerprint density at radius 2 is 2.08 bits per heavy atom. The van der Waals surface area contributed by atoms with Crippen molar-refractivity contribution in [2.45, 2.75) is 57.9 Å². The zero-order valence-corrected chi connectivity index (χ0v) is 13.6. The highest BCUT2D eigenvalue weighted by atomic mass is 19.4. The van der Waals surface area contributed by atoms with Crippen molar-refractivity contribution in [2.24, 2.45) is 5.92 Å². The van der Waals surface area contributed by atoms with Gasteiger partial charge in [-0.3, -0.25) is 9.69 Å². The van der Waals surface area contributed by atoms with Crippen LogP contribution >= 0.6 is 0 Å². The molecule has 6 nitrogen and oxygen atoms in total. The van der Waals surface area contributed by atoms with Gasteiger partial charge < -0.3 is 9.88 Å². The van der Waals surface area contributed by atoms with E-state index in [0.29, 0.717) is 25.9 Å². The molecule has 2 aliphatic rings. The average Bonchev–Trinajstić information content (AvgIpc) is 2.87. The van der Waals surface area contributed by atoms with Crippen molar-refractivity contribution in [1.29, 1.82) is 0 Å². The molecule has 0 saturated heterocycles. The summed E-state index contributed by atoms with van der Waals surface area (Å²) in [5.74, 6) is 0.163. The Labute approximate surface area is 138 Å². The molecule has 1 amide bonds. The molecule has 3 rings (SSSR count). The lowest BCUT2D eigenvalue weighted by Crippen LogP contribution is -2.46. The van der Waals surface area contributed by atoms with Crippen LogP contribution in [0.1, 0.15) is 37.3 Å². The maximum Gasteiger partial charge on any atom is 0.391 e. The van der Waals surface area contributed by atoms with Gasteiger partial charge in [0.15, 0.2) is 0 Å². The molecule has 24 heavy (non-hydrogen) atoms. The first-order valence-electron chi connectivity index (χ1n) is 8.30. The summed E-state index contributed by atoms with van der Waals surface area (Å²) in [4.78, 5) is 14.1. The fourth-order valence-corrected chi connectivity index (χ4v) is 3.58. The molecule has 2 atom stereocenters. The number of amides is 1. The SMILES string of the molecule is Cc1nnc2n1CCN(CC(=O)N[C@H]1CCC[C@@H](C(F)(F)F)C1)C2. The van der Waals surface area contributed by atoms with Crippen LogP contribution in [0.15, 0.2) is 0 Å². The van der Waals surface area contributed by atoms with Gasteiger partial charge in [-0.1, -0.05) is 6.42 Å². The number of hydrogen-bond donors (Lipinski definition) is 1. The molecule has 0 spiro atoms. The maximum atomic E-state index is 12.8. The van der Waals surface area contributed by atoms with Gasteiger partial charge in [-0.25, -0.2) is 0 Å². The third-order valence-corrected chi connectivity index (χ3v) is 4.89. The van der Waals surface area contributed by atoms with Gasteiger partial charge in [0.05, 0.1) is 19.0 Å². The van der Waals surface area contributed by atoms with Gasteiger partial charge in [0.1, 0.15) is 11.6 Å². The van der Waals surface area contributed by atoms with Gasteiger partial charge in [-0.15, -0.1) is 10.2 Å². The highest BCUT2D eigenvalue weighted by Crippen LogP contribution is 2.37. The Balaban J connectivity index is 1.49. The lowest BCUT2D eigenvalue weighted by molar-refractivity contribution is -0.184. The molecule has 0 unspecified atom stereocenters. The summed E-state index contributed by atoms with van der Waals surface area (Å²) in [5.41, 5.74) is 0. The molecular weight excluding hydrogens is 323 g/mol. The van der Waals surface area contributed by atoms with Crippen LogP contribution in [0.25, 0.3) is 0 Å². The molecule has 1 aliphatic heterocycles. The van der Waals surface area contributed by atoms with Crippen molar-refractivity contribution in [2.75, 3.05) is 13.1 Å². The number of nitrogens with one attached hydrogen (secondary N) is 1. The summed E-state index contributed by atoms with van der Waals surface area (Å²) in [6.07, 6.45) is -2.90. The zero-order valence-electron chi connectivity index (χ0n) is 13.6. The van der Waals surface area contributed by atoms with Crippen LogP contribution in [0.5, 0.6) is 0 Å². The van der Waals surface area contributed by atoms with E-state index in [-0.39, 0.29) is 31.3 Å². The van der Waals surface area contributed by atoms with Crippen molar-refractivity contribution >= 4 is 5.91 Å². The molecule has 0 bridgehead atoms. The van der Waals surface area contributed by atoms with Crippen LogP contribution < -0.4 is 5.32 Å². The van der Waals surface area contributed by atoms with E-state index in [1.165, 1.54) is 0 Å². The number of fused-ring (bicyclic) bond motifs is 1. The fraction of sp³-hybridized carbons (Fsp3) is 0.800. The Bertz CT molecular complexity index is 600.